The summed E-state index contributed by atoms with van der Waals surface area (Å²) in [4.78, 5) is 14.2. The lowest BCUT2D eigenvalue weighted by Gasteiger charge is -2.15. The molecule has 3 nitrogen and oxygen atoms in total. The molecule has 1 atom stereocenters. The van der Waals surface area contributed by atoms with Crippen molar-refractivity contribution >= 4 is 17.3 Å². The number of rotatable bonds is 3. The zero-order valence-electron chi connectivity index (χ0n) is 12.3. The van der Waals surface area contributed by atoms with Crippen LogP contribution in [-0.2, 0) is 22.3 Å². The van der Waals surface area contributed by atoms with E-state index in [9.17, 15) is 4.79 Å². The molecule has 1 aromatic carbocycles. The molecule has 4 heteroatoms. The van der Waals surface area contributed by atoms with Crippen molar-refractivity contribution in [1.82, 2.24) is 0 Å². The molecular formula is C18H18O3S. The normalized spacial score (nSPS) is 19.5. The summed E-state index contributed by atoms with van der Waals surface area (Å²) in [5.74, 6) is -0.215. The van der Waals surface area contributed by atoms with Crippen LogP contribution in [0, 0.1) is 0 Å². The van der Waals surface area contributed by atoms with Crippen molar-refractivity contribution in [2.24, 2.45) is 0 Å². The molecule has 2 heterocycles. The Bertz CT molecular complexity index is 698. The van der Waals surface area contributed by atoms with Crippen molar-refractivity contribution < 1.29 is 14.3 Å². The van der Waals surface area contributed by atoms with E-state index in [0.29, 0.717) is 11.5 Å². The van der Waals surface area contributed by atoms with Gasteiger partial charge in [-0.05, 0) is 48.4 Å². The van der Waals surface area contributed by atoms with Gasteiger partial charge in [-0.2, -0.15) is 0 Å². The molecule has 0 N–H and O–H groups in total. The minimum absolute atomic E-state index is 0.0827. The molecule has 0 radical (unpaired) electrons. The zero-order chi connectivity index (χ0) is 14.9. The van der Waals surface area contributed by atoms with Gasteiger partial charge in [0.15, 0.2) is 0 Å². The number of ether oxygens (including phenoxy) is 2. The first-order chi connectivity index (χ1) is 10.8. The lowest BCUT2D eigenvalue weighted by atomic mass is 9.91. The van der Waals surface area contributed by atoms with Crippen molar-refractivity contribution in [3.05, 3.63) is 46.3 Å². The number of aryl methyl sites for hydroxylation is 2. The topological polar surface area (TPSA) is 35.5 Å². The summed E-state index contributed by atoms with van der Waals surface area (Å²) in [6.45, 7) is 1.16. The first kappa shape index (κ1) is 14.0. The summed E-state index contributed by atoms with van der Waals surface area (Å²) in [5, 5.41) is 0. The van der Waals surface area contributed by atoms with Gasteiger partial charge in [0.1, 0.15) is 11.5 Å². The molecule has 1 aliphatic heterocycles. The second kappa shape index (κ2) is 5.86. The van der Waals surface area contributed by atoms with Crippen LogP contribution >= 0.6 is 11.3 Å². The number of fused-ring (bicyclic) bond motifs is 3. The summed E-state index contributed by atoms with van der Waals surface area (Å²) in [7, 11) is 0. The highest BCUT2D eigenvalue weighted by molar-refractivity contribution is 7.17. The van der Waals surface area contributed by atoms with Crippen molar-refractivity contribution in [3.63, 3.8) is 0 Å². The van der Waals surface area contributed by atoms with Gasteiger partial charge in [-0.3, -0.25) is 0 Å². The van der Waals surface area contributed by atoms with Crippen molar-refractivity contribution in [1.29, 1.82) is 0 Å². The van der Waals surface area contributed by atoms with Crippen LogP contribution in [0.3, 0.4) is 0 Å². The molecule has 1 aromatic heterocycles. The molecule has 2 aliphatic rings. The third-order valence-corrected chi connectivity index (χ3v) is 5.55. The van der Waals surface area contributed by atoms with E-state index in [-0.39, 0.29) is 12.1 Å². The van der Waals surface area contributed by atoms with Crippen LogP contribution < -0.4 is 0 Å². The smallest absolute Gasteiger partial charge is 0.348 e. The third-order valence-electron chi connectivity index (χ3n) is 4.36. The molecule has 0 unspecified atom stereocenters. The number of hydrogen-bond donors (Lipinski definition) is 0. The van der Waals surface area contributed by atoms with E-state index in [4.69, 9.17) is 9.47 Å². The highest BCUT2D eigenvalue weighted by Crippen LogP contribution is 2.39. The average Bonchev–Trinajstić information content (AvgIpc) is 3.21. The zero-order valence-corrected chi connectivity index (χ0v) is 13.2. The minimum Gasteiger partial charge on any atom is -0.459 e. The maximum Gasteiger partial charge on any atom is 0.348 e. The summed E-state index contributed by atoms with van der Waals surface area (Å²) in [5.41, 5.74) is 3.91. The van der Waals surface area contributed by atoms with Crippen molar-refractivity contribution in [3.8, 4) is 10.4 Å². The van der Waals surface area contributed by atoms with E-state index < -0.39 is 0 Å². The molecule has 22 heavy (non-hydrogen) atoms. The van der Waals surface area contributed by atoms with Gasteiger partial charge in [0.2, 0.25) is 0 Å². The SMILES string of the molecule is O=C(OC[C@H]1CCCO1)c1cc2c(s1)-c1ccccc1CC2. The second-order valence-electron chi connectivity index (χ2n) is 5.86. The van der Waals surface area contributed by atoms with Crippen molar-refractivity contribution in [2.45, 2.75) is 31.8 Å². The second-order valence-corrected chi connectivity index (χ2v) is 6.91. The van der Waals surface area contributed by atoms with E-state index in [2.05, 4.69) is 24.3 Å². The van der Waals surface area contributed by atoms with Gasteiger partial charge in [0.05, 0.1) is 6.10 Å². The standard InChI is InChI=1S/C18H18O3S/c19-18(21-11-14-5-3-9-20-14)16-10-13-8-7-12-4-1-2-6-15(12)17(13)22-16/h1-2,4,6,10,14H,3,5,7-9,11H2/t14-/m1/s1. The number of benzene rings is 1. The fourth-order valence-electron chi connectivity index (χ4n) is 3.19. The van der Waals surface area contributed by atoms with E-state index in [1.807, 2.05) is 6.07 Å². The highest BCUT2D eigenvalue weighted by atomic mass is 32.1. The maximum absolute atomic E-state index is 12.3. The van der Waals surface area contributed by atoms with Gasteiger partial charge in [-0.15, -0.1) is 11.3 Å². The minimum atomic E-state index is -0.215. The molecule has 1 aliphatic carbocycles. The van der Waals surface area contributed by atoms with Gasteiger partial charge in [-0.25, -0.2) is 4.79 Å². The van der Waals surface area contributed by atoms with Gasteiger partial charge in [-0.1, -0.05) is 24.3 Å². The Morgan fingerprint density at radius 3 is 3.00 bits per heavy atom. The largest absolute Gasteiger partial charge is 0.459 e. The summed E-state index contributed by atoms with van der Waals surface area (Å²) in [6.07, 6.45) is 4.18. The lowest BCUT2D eigenvalue weighted by Crippen LogP contribution is -2.17. The first-order valence-corrected chi connectivity index (χ1v) is 8.62. The highest BCUT2D eigenvalue weighted by Gasteiger charge is 2.23. The van der Waals surface area contributed by atoms with Gasteiger partial charge < -0.3 is 9.47 Å². The van der Waals surface area contributed by atoms with Gasteiger partial charge >= 0.3 is 5.97 Å². The molecule has 0 amide bonds. The quantitative estimate of drug-likeness (QED) is 0.807. The molecule has 2 aromatic rings. The Hall–Kier alpha value is -1.65. The summed E-state index contributed by atoms with van der Waals surface area (Å²) >= 11 is 1.55. The molecular weight excluding hydrogens is 296 g/mol. The fraction of sp³-hybridized carbons (Fsp3) is 0.389. The van der Waals surface area contributed by atoms with E-state index >= 15 is 0 Å². The van der Waals surface area contributed by atoms with E-state index in [0.717, 1.165) is 32.3 Å². The third kappa shape index (κ3) is 2.57. The lowest BCUT2D eigenvalue weighted by molar-refractivity contribution is 0.0165. The number of hydrogen-bond acceptors (Lipinski definition) is 4. The van der Waals surface area contributed by atoms with E-state index in [1.165, 1.54) is 21.6 Å². The monoisotopic (exact) mass is 314 g/mol. The molecule has 1 fully saturated rings. The van der Waals surface area contributed by atoms with Crippen LogP contribution in [0.4, 0.5) is 0 Å². The molecule has 0 spiro atoms. The van der Waals surface area contributed by atoms with Gasteiger partial charge in [0, 0.05) is 11.5 Å². The molecule has 0 saturated carbocycles. The average molecular weight is 314 g/mol. The number of esters is 1. The molecule has 0 bridgehead atoms. The number of carbonyl (C=O) groups excluding carboxylic acids is 1. The van der Waals surface area contributed by atoms with Crippen molar-refractivity contribution in [2.75, 3.05) is 13.2 Å². The predicted molar refractivity (Wildman–Crippen MR) is 86.4 cm³/mol. The van der Waals surface area contributed by atoms with Gasteiger partial charge in [0.25, 0.3) is 0 Å². The van der Waals surface area contributed by atoms with E-state index in [1.54, 1.807) is 11.3 Å². The van der Waals surface area contributed by atoms with Crippen LogP contribution in [0.1, 0.15) is 33.6 Å². The maximum atomic E-state index is 12.3. The Labute approximate surface area is 133 Å². The molecule has 4 rings (SSSR count). The molecule has 114 valence electrons. The number of carbonyl (C=O) groups is 1. The Morgan fingerprint density at radius 2 is 2.14 bits per heavy atom. The Balaban J connectivity index is 1.52. The summed E-state index contributed by atoms with van der Waals surface area (Å²) < 4.78 is 10.9. The van der Waals surface area contributed by atoms with Crippen LogP contribution in [0.2, 0.25) is 0 Å². The molecule has 1 saturated heterocycles. The Morgan fingerprint density at radius 1 is 1.27 bits per heavy atom. The Kier molecular flexibility index (Phi) is 3.72. The predicted octanol–water partition coefficient (Wildman–Crippen LogP) is 3.85. The summed E-state index contributed by atoms with van der Waals surface area (Å²) in [6, 6.07) is 10.5. The van der Waals surface area contributed by atoms with Crippen LogP contribution in [0.25, 0.3) is 10.4 Å². The van der Waals surface area contributed by atoms with Crippen LogP contribution in [0.5, 0.6) is 0 Å². The van der Waals surface area contributed by atoms with Crippen LogP contribution in [0.15, 0.2) is 30.3 Å². The first-order valence-electron chi connectivity index (χ1n) is 7.81. The number of thiophene rings is 1. The fourth-order valence-corrected chi connectivity index (χ4v) is 4.35. The van der Waals surface area contributed by atoms with Crippen LogP contribution in [-0.4, -0.2) is 25.3 Å².